The van der Waals surface area contributed by atoms with Gasteiger partial charge in [-0.15, -0.1) is 0 Å². The molecule has 128 heavy (non-hydrogen) atoms. The van der Waals surface area contributed by atoms with Gasteiger partial charge in [-0.05, 0) is 133 Å². The standard InChI is InChI=1S/C75H139N27O24S2/c1-34(2)26-45(65(118)95-44(21-25-128-10)64(117)98-47(28-36(5)6)67(120)100-49(30-56(109)110)68(121)101-51(33-127)72(125)126)96-58(111)38(9)89-71(124)57(37(7)8)102-69(122)48(29-53(78)105)99-70(123)50(32-103)90-54(106)31-88-60(113)40(15-12-23-86-74(81)82)91-61(114)41(16-13-24-87-75(83)84)92-63(116)43(18-20-55(107)108)93-62(115)42(17-19-52(77)104)94-66(119)46(27-35(3)4)97-59(112)39(76)14-11-22-85-73(79)80/h34-51,57,73-75,85-87,103,127H,11-33,76,79-84H2,1-10H3,(H2,77,104)(H2,78,105)(H,88,113)(H,89,124)(H,90,106)(H,91,114)(H,92,116)(H,93,115)(H,94,119)(H,95,118)(H,96,111)(H,97,112)(H,98,117)(H,99,123)(H,100,120)(H,101,121)(H,102,122)(H,107,108)(H,109,110)(H,125,126)/p+1/t38-,39-,40-,41-,42-,43-,44-,45-,46-,47-,48-,49-,50-,51-,57-/m0/s1. The number of hydrogen-bond acceptors (Lipinski definition) is 32. The van der Waals surface area contributed by atoms with Crippen molar-refractivity contribution in [2.75, 3.05) is 50.5 Å². The van der Waals surface area contributed by atoms with Gasteiger partial charge in [-0.25, -0.2) is 4.79 Å². The van der Waals surface area contributed by atoms with Crippen LogP contribution in [0.4, 0.5) is 0 Å². The van der Waals surface area contributed by atoms with Gasteiger partial charge in [0.05, 0.1) is 26.0 Å². The highest BCUT2D eigenvalue weighted by molar-refractivity contribution is 7.98. The topological polar surface area (TPSA) is 875 Å². The fraction of sp³-hybridized carbons (Fsp3) is 0.733. The normalized spacial score (nSPS) is 14.9. The molecule has 0 aromatic carbocycles. The minimum atomic E-state index is -1.96. The summed E-state index contributed by atoms with van der Waals surface area (Å²) in [5.74, 6) is -24.0. The maximum absolute atomic E-state index is 14.5. The lowest BCUT2D eigenvalue weighted by molar-refractivity contribution is -0.405. The van der Waals surface area contributed by atoms with Gasteiger partial charge in [0.2, 0.25) is 94.5 Å². The van der Waals surface area contributed by atoms with E-state index in [4.69, 9.17) is 45.9 Å². The van der Waals surface area contributed by atoms with Crippen LogP contribution in [0.1, 0.15) is 165 Å². The lowest BCUT2D eigenvalue weighted by Gasteiger charge is -2.28. The lowest BCUT2D eigenvalue weighted by Crippen LogP contribution is -2.69. The number of rotatable bonds is 68. The number of thioether (sulfide) groups is 1. The summed E-state index contributed by atoms with van der Waals surface area (Å²) in [4.78, 5) is 269. The van der Waals surface area contributed by atoms with Gasteiger partial charge in [0.1, 0.15) is 103 Å². The zero-order valence-corrected chi connectivity index (χ0v) is 75.8. The molecule has 0 aromatic rings. The molecule has 0 spiro atoms. The predicted octanol–water partition coefficient (Wildman–Crippen LogP) is -12.7. The molecule has 53 heteroatoms. The zero-order chi connectivity index (χ0) is 97.9. The first-order chi connectivity index (χ1) is 59.8. The molecule has 0 bridgehead atoms. The molecule has 0 aliphatic heterocycles. The first kappa shape index (κ1) is 118. The SMILES string of the molecule is CSCC[C@H](NC(=O)[C@H](CC(C)C)NC(=O)[C@H](C)NC(=O)[C@@H](NC(=O)[C@H](CC(N)=O)NC(=O)[C@H](CO)NC(=O)CNC(=O)[C@H](CCCNC(N)N)NC(=O)[C@H](CCCNC(N)N)NC(=O)[C@H](CCC(=O)O)NC(=O)[C@H](CCC(N)=O)NC(=O)[C@H](CC(C)C)NC(=O)[C@@H]([NH3+])CCCNC(N)N)C(C)C)C(=O)N[C@@H](CC(C)C)C(=O)N[C@@H](CC(=O)O)C(=O)N[C@@H](CS)C(=O)O. The van der Waals surface area contributed by atoms with Crippen molar-refractivity contribution >= 4 is 143 Å². The molecule has 15 atom stereocenters. The van der Waals surface area contributed by atoms with E-state index in [1.54, 1.807) is 47.8 Å². The number of carbonyl (C=O) groups excluding carboxylic acids is 17. The van der Waals surface area contributed by atoms with Gasteiger partial charge >= 0.3 is 17.9 Å². The number of carboxylic acids is 3. The van der Waals surface area contributed by atoms with Gasteiger partial charge in [-0.2, -0.15) is 24.4 Å². The van der Waals surface area contributed by atoms with Crippen molar-refractivity contribution < 1.29 is 122 Å². The fourth-order valence-corrected chi connectivity index (χ4v) is 12.8. The van der Waals surface area contributed by atoms with Crippen LogP contribution < -0.4 is 147 Å². The van der Waals surface area contributed by atoms with Crippen LogP contribution >= 0.6 is 24.4 Å². The summed E-state index contributed by atoms with van der Waals surface area (Å²) in [6, 6.07) is -23.4. The molecule has 0 rings (SSSR count). The molecule has 51 nitrogen and oxygen atoms in total. The first-order valence-corrected chi connectivity index (χ1v) is 43.8. The Bertz CT molecular complexity index is 3670. The van der Waals surface area contributed by atoms with Crippen LogP contribution in [0.15, 0.2) is 0 Å². The highest BCUT2D eigenvalue weighted by Crippen LogP contribution is 2.15. The Kier molecular flexibility index (Phi) is 57.7. The number of thiol groups is 1. The van der Waals surface area contributed by atoms with Crippen molar-refractivity contribution in [3.8, 4) is 0 Å². The Labute approximate surface area is 751 Å². The molecule has 0 unspecified atom stereocenters. The molecule has 0 aromatic heterocycles. The quantitative estimate of drug-likeness (QED) is 0.0153. The van der Waals surface area contributed by atoms with Gasteiger partial charge in [0.15, 0.2) is 6.04 Å². The van der Waals surface area contributed by atoms with Crippen molar-refractivity contribution in [3.05, 3.63) is 0 Å². The number of quaternary nitrogens is 1. The number of primary amides is 2. The zero-order valence-electron chi connectivity index (χ0n) is 74.1. The molecule has 17 amide bonds. The molecular formula is C75H140N27O24S2+. The lowest BCUT2D eigenvalue weighted by atomic mass is 10.0. The van der Waals surface area contributed by atoms with E-state index in [9.17, 15) is 116 Å². The minimum Gasteiger partial charge on any atom is -0.481 e. The van der Waals surface area contributed by atoms with E-state index in [2.05, 4.69) is 114 Å². The van der Waals surface area contributed by atoms with E-state index in [1.807, 2.05) is 0 Å². The van der Waals surface area contributed by atoms with Crippen molar-refractivity contribution in [1.29, 1.82) is 0 Å². The van der Waals surface area contributed by atoms with Crippen molar-refractivity contribution in [3.63, 3.8) is 0 Å². The maximum Gasteiger partial charge on any atom is 0.327 e. The van der Waals surface area contributed by atoms with Gasteiger partial charge in [-0.3, -0.25) is 107 Å². The van der Waals surface area contributed by atoms with Crippen LogP contribution in [0.3, 0.4) is 0 Å². The molecule has 41 N–H and O–H groups in total. The van der Waals surface area contributed by atoms with E-state index in [0.29, 0.717) is 13.0 Å². The van der Waals surface area contributed by atoms with Gasteiger partial charge in [0, 0.05) is 25.0 Å². The number of carbonyl (C=O) groups is 20. The molecule has 0 aliphatic rings. The predicted molar refractivity (Wildman–Crippen MR) is 467 cm³/mol. The number of aliphatic hydroxyl groups is 1. The number of carboxylic acid groups (broad SMARTS) is 3. The first-order valence-electron chi connectivity index (χ1n) is 41.8. The Balaban J connectivity index is 6.92. The molecule has 0 radical (unpaired) electrons. The average Bonchev–Trinajstić information content (AvgIpc) is 0.857. The van der Waals surface area contributed by atoms with Crippen LogP contribution in [0, 0.1) is 23.7 Å². The molecule has 0 fully saturated rings. The Morgan fingerprint density at radius 1 is 0.359 bits per heavy atom. The molecular weight excluding hydrogens is 1730 g/mol. The number of amides is 17. The third kappa shape index (κ3) is 50.4. The van der Waals surface area contributed by atoms with E-state index >= 15 is 0 Å². The van der Waals surface area contributed by atoms with Gasteiger partial charge in [0.25, 0.3) is 5.91 Å². The van der Waals surface area contributed by atoms with Crippen molar-refractivity contribution in [1.82, 2.24) is 95.7 Å². The van der Waals surface area contributed by atoms with E-state index < -0.39 is 285 Å². The number of aliphatic carboxylic acids is 3. The van der Waals surface area contributed by atoms with Crippen LogP contribution in [-0.2, 0) is 95.9 Å². The average molecular weight is 1870 g/mol. The fourth-order valence-electron chi connectivity index (χ4n) is 12.0. The number of nitrogens with one attached hydrogen (secondary N) is 18. The highest BCUT2D eigenvalue weighted by atomic mass is 32.2. The monoisotopic (exact) mass is 1870 g/mol. The Morgan fingerprint density at radius 2 is 0.703 bits per heavy atom. The minimum absolute atomic E-state index is 0.00677. The van der Waals surface area contributed by atoms with E-state index in [1.165, 1.54) is 32.5 Å². The number of nitrogens with two attached hydrogens (primary N) is 8. The molecule has 730 valence electrons. The maximum atomic E-state index is 14.5. The van der Waals surface area contributed by atoms with E-state index in [-0.39, 0.29) is 100 Å². The van der Waals surface area contributed by atoms with Crippen LogP contribution in [0.2, 0.25) is 0 Å². The summed E-state index contributed by atoms with van der Waals surface area (Å²) in [5.41, 5.74) is 48.5. The smallest absolute Gasteiger partial charge is 0.327 e. The molecule has 0 saturated carbocycles. The summed E-state index contributed by atoms with van der Waals surface area (Å²) < 4.78 is 0. The second-order valence-corrected chi connectivity index (χ2v) is 33.5. The number of aliphatic hydroxyl groups excluding tert-OH is 1. The summed E-state index contributed by atoms with van der Waals surface area (Å²) in [6.45, 7) is 12.6. The van der Waals surface area contributed by atoms with Crippen molar-refractivity contribution in [2.24, 2.45) is 69.5 Å². The van der Waals surface area contributed by atoms with Crippen LogP contribution in [0.5, 0.6) is 0 Å². The molecule has 0 aliphatic carbocycles. The third-order valence-corrected chi connectivity index (χ3v) is 19.8. The van der Waals surface area contributed by atoms with Crippen LogP contribution in [0.25, 0.3) is 0 Å². The summed E-state index contributed by atoms with van der Waals surface area (Å²) >= 11 is 5.18. The molecule has 0 heterocycles. The van der Waals surface area contributed by atoms with E-state index in [0.717, 1.165) is 0 Å². The largest absolute Gasteiger partial charge is 0.481 e. The van der Waals surface area contributed by atoms with Gasteiger partial charge in [-0.1, -0.05) is 55.4 Å². The van der Waals surface area contributed by atoms with Crippen LogP contribution in [-0.4, -0.2) is 299 Å². The number of hydrogen-bond donors (Lipinski definition) is 32. The molecule has 0 saturated heterocycles. The second kappa shape index (κ2) is 62.8. The van der Waals surface area contributed by atoms with Crippen molar-refractivity contribution in [2.45, 2.75) is 275 Å². The van der Waals surface area contributed by atoms with Gasteiger partial charge < -0.3 is 152 Å². The second-order valence-electron chi connectivity index (χ2n) is 32.1. The summed E-state index contributed by atoms with van der Waals surface area (Å²) in [6.07, 6.45) is -5.50. The third-order valence-electron chi connectivity index (χ3n) is 18.8. The highest BCUT2D eigenvalue weighted by Gasteiger charge is 2.40. The summed E-state index contributed by atoms with van der Waals surface area (Å²) in [5, 5.41) is 83.4. The Morgan fingerprint density at radius 3 is 1.08 bits per heavy atom. The Hall–Kier alpha value is -10.3. The summed E-state index contributed by atoms with van der Waals surface area (Å²) in [7, 11) is 0.